The summed E-state index contributed by atoms with van der Waals surface area (Å²) in [5.41, 5.74) is -0.117. The predicted molar refractivity (Wildman–Crippen MR) is 79.3 cm³/mol. The monoisotopic (exact) mass is 476 g/mol. The van der Waals surface area contributed by atoms with Gasteiger partial charge in [-0.2, -0.15) is 0 Å². The van der Waals surface area contributed by atoms with Crippen LogP contribution in [-0.4, -0.2) is 9.14 Å². The minimum absolute atomic E-state index is 0.117. The van der Waals surface area contributed by atoms with E-state index in [0.29, 0.717) is 5.03 Å². The molecule has 98 valence electrons. The van der Waals surface area contributed by atoms with Gasteiger partial charge in [-0.15, -0.1) is 0 Å². The van der Waals surface area contributed by atoms with Gasteiger partial charge >= 0.3 is 68.3 Å². The first-order valence-electron chi connectivity index (χ1n) is 3.70. The van der Waals surface area contributed by atoms with E-state index in [9.17, 15) is 0 Å². The number of halogens is 7. The van der Waals surface area contributed by atoms with Gasteiger partial charge in [0.2, 0.25) is 5.39 Å². The van der Waals surface area contributed by atoms with Crippen molar-refractivity contribution in [3.8, 4) is 0 Å². The standard InChI is InChI=1S/C6H10ClN2.6ClH.Sb/c1-6(2,3)5(7)4-9-8;;;;;;;/h4H,1-3H3;6*1H;/q+1;;;;;;;+5/p-6/b5-4-;;;;;;;. The van der Waals surface area contributed by atoms with E-state index in [-0.39, 0.29) is 5.41 Å². The Labute approximate surface area is 120 Å². The third-order valence-corrected chi connectivity index (χ3v) is 1.55. The van der Waals surface area contributed by atoms with E-state index in [1.807, 2.05) is 20.8 Å². The van der Waals surface area contributed by atoms with E-state index in [4.69, 9.17) is 70.0 Å². The third-order valence-electron chi connectivity index (χ3n) is 0.888. The van der Waals surface area contributed by atoms with Gasteiger partial charge in [0.15, 0.2) is 4.98 Å². The van der Waals surface area contributed by atoms with Crippen LogP contribution >= 0.6 is 64.6 Å². The van der Waals surface area contributed by atoms with Crippen LogP contribution in [0, 0.1) is 10.8 Å². The topological polar surface area (TPSA) is 28.1 Å². The molecule has 0 amide bonds. The van der Waals surface area contributed by atoms with E-state index >= 15 is 0 Å². The summed E-state index contributed by atoms with van der Waals surface area (Å²) < 4.78 is 0. The SMILES string of the molecule is CC(C)(C)/C(Cl)=C/[N+]#N.[Cl][Sb-]([Cl])([Cl])([Cl])([Cl])[Cl]. The molecule has 0 rings (SSSR count). The molecule has 0 radical (unpaired) electrons. The van der Waals surface area contributed by atoms with Crippen molar-refractivity contribution in [2.24, 2.45) is 5.41 Å². The molecule has 0 saturated heterocycles. The molecule has 0 unspecified atom stereocenters. The van der Waals surface area contributed by atoms with Crippen LogP contribution in [0.4, 0.5) is 0 Å². The zero-order valence-corrected chi connectivity index (χ0v) is 16.4. The van der Waals surface area contributed by atoms with Crippen LogP contribution in [0.15, 0.2) is 11.2 Å². The van der Waals surface area contributed by atoms with Gasteiger partial charge in [-0.3, -0.25) is 0 Å². The summed E-state index contributed by atoms with van der Waals surface area (Å²) in [6, 6.07) is 0. The van der Waals surface area contributed by atoms with Gasteiger partial charge in [0.05, 0.1) is 0 Å². The van der Waals surface area contributed by atoms with Crippen LogP contribution in [0.1, 0.15) is 20.8 Å². The molecule has 0 bridgehead atoms. The number of allylic oxidation sites excluding steroid dienone is 1. The molecule has 0 aromatic rings. The van der Waals surface area contributed by atoms with Gasteiger partial charge in [0.1, 0.15) is 5.03 Å². The van der Waals surface area contributed by atoms with Crippen molar-refractivity contribution in [2.75, 3.05) is 0 Å². The van der Waals surface area contributed by atoms with Crippen molar-refractivity contribution in [3.05, 3.63) is 16.2 Å². The molecule has 0 fully saturated rings. The molecule has 16 heavy (non-hydrogen) atoms. The summed E-state index contributed by atoms with van der Waals surface area (Å²) in [5.74, 6) is 0. The summed E-state index contributed by atoms with van der Waals surface area (Å²) in [6.45, 7) is 5.82. The van der Waals surface area contributed by atoms with Crippen molar-refractivity contribution in [1.82, 2.24) is 0 Å². The fraction of sp³-hybridized carbons (Fsp3) is 0.667. The Morgan fingerprint density at radius 3 is 1.38 bits per heavy atom. The van der Waals surface area contributed by atoms with Crippen molar-refractivity contribution in [3.63, 3.8) is 0 Å². The van der Waals surface area contributed by atoms with Crippen LogP contribution in [0.2, 0.25) is 0 Å². The van der Waals surface area contributed by atoms with Gasteiger partial charge in [-0.05, 0) is 0 Å². The Bertz CT molecular complexity index is 302. The molecule has 0 aliphatic carbocycles. The fourth-order valence-electron chi connectivity index (χ4n) is 0.244. The molecule has 0 spiro atoms. The average Bonchev–Trinajstić information content (AvgIpc) is 1.77. The summed E-state index contributed by atoms with van der Waals surface area (Å²) >= 11 is 5.66. The van der Waals surface area contributed by atoms with Crippen LogP contribution in [0.25, 0.3) is 4.98 Å². The zero-order valence-electron chi connectivity index (χ0n) is 8.56. The first kappa shape index (κ1) is 20.3. The Morgan fingerprint density at radius 1 is 1.06 bits per heavy atom. The van der Waals surface area contributed by atoms with Gasteiger partial charge < -0.3 is 0 Å². The first-order valence-corrected chi connectivity index (χ1v) is 23.5. The molecule has 0 aliphatic rings. The molecule has 2 nitrogen and oxygen atoms in total. The molecule has 0 N–H and O–H groups in total. The predicted octanol–water partition coefficient (Wildman–Crippen LogP) is 6.72. The molecule has 0 aliphatic heterocycles. The van der Waals surface area contributed by atoms with Crippen molar-refractivity contribution < 1.29 is 0 Å². The third kappa shape index (κ3) is 29.8. The summed E-state index contributed by atoms with van der Waals surface area (Å²) in [5, 5.41) is 8.61. The molecule has 10 heteroatoms. The van der Waals surface area contributed by atoms with Crippen LogP contribution in [-0.2, 0) is 0 Å². The second-order valence-corrected chi connectivity index (χ2v) is 61.1. The van der Waals surface area contributed by atoms with E-state index in [1.165, 1.54) is 6.20 Å². The van der Waals surface area contributed by atoms with Crippen molar-refractivity contribution in [2.45, 2.75) is 20.8 Å². The quantitative estimate of drug-likeness (QED) is 0.280. The maximum atomic E-state index is 8.06. The Balaban J connectivity index is 0. The molecule has 0 saturated carbocycles. The molecular weight excluding hydrogens is 470 g/mol. The van der Waals surface area contributed by atoms with Crippen LogP contribution in [0.3, 0.4) is 0 Å². The van der Waals surface area contributed by atoms with E-state index in [2.05, 4.69) is 4.98 Å². The number of hydrogen-bond donors (Lipinski definition) is 0. The first-order chi connectivity index (χ1) is 6.43. The Kier molecular flexibility index (Phi) is 7.06. The summed E-state index contributed by atoms with van der Waals surface area (Å²) in [4.78, 5) is 2.81. The van der Waals surface area contributed by atoms with Crippen LogP contribution < -0.4 is 0 Å². The second kappa shape index (κ2) is 5.56. The molecule has 0 aromatic carbocycles. The van der Waals surface area contributed by atoms with E-state index < -0.39 is 9.14 Å². The number of nitrogens with zero attached hydrogens (tertiary/aromatic N) is 2. The summed E-state index contributed by atoms with van der Waals surface area (Å²) in [6.07, 6.45) is 1.24. The fourth-order valence-corrected chi connectivity index (χ4v) is 0.288. The van der Waals surface area contributed by atoms with Crippen molar-refractivity contribution >= 4 is 73.7 Å². The Hall–Kier alpha value is 2.01. The zero-order chi connectivity index (χ0) is 13.9. The van der Waals surface area contributed by atoms with Crippen molar-refractivity contribution in [1.29, 1.82) is 5.39 Å². The van der Waals surface area contributed by atoms with E-state index in [1.54, 1.807) is 0 Å². The number of diazo groups is 1. The number of rotatable bonds is 0. The van der Waals surface area contributed by atoms with E-state index in [0.717, 1.165) is 0 Å². The number of hydrogen-bond acceptors (Lipinski definition) is 1. The van der Waals surface area contributed by atoms with Gasteiger partial charge in [0, 0.05) is 5.41 Å². The maximum absolute atomic E-state index is 8.06. The summed E-state index contributed by atoms with van der Waals surface area (Å²) in [7, 11) is 25.0. The normalized spacial score (nSPS) is 17.4. The van der Waals surface area contributed by atoms with Gasteiger partial charge in [-0.1, -0.05) is 32.4 Å². The molecular formula is C6H10Cl7N2Sb. The molecule has 0 atom stereocenters. The second-order valence-electron chi connectivity index (χ2n) is 3.80. The van der Waals surface area contributed by atoms with Gasteiger partial charge in [-0.25, -0.2) is 0 Å². The minimum atomic E-state index is -5.42. The molecule has 0 heterocycles. The molecule has 0 aromatic heterocycles. The Morgan fingerprint density at radius 2 is 1.31 bits per heavy atom. The van der Waals surface area contributed by atoms with Crippen LogP contribution in [0.5, 0.6) is 0 Å². The van der Waals surface area contributed by atoms with Gasteiger partial charge in [0.25, 0.3) is 0 Å². The average molecular weight is 480 g/mol.